The molecule has 88 valence electrons. The average Bonchev–Trinajstić information content (AvgIpc) is 2.35. The molecule has 2 unspecified atom stereocenters. The summed E-state index contributed by atoms with van der Waals surface area (Å²) in [4.78, 5) is 0. The van der Waals surface area contributed by atoms with Gasteiger partial charge in [-0.05, 0) is 33.1 Å². The Labute approximate surface area is 86.8 Å². The lowest BCUT2D eigenvalue weighted by Crippen LogP contribution is -2.15. The first kappa shape index (κ1) is 16.3. The van der Waals surface area contributed by atoms with E-state index in [0.717, 1.165) is 19.3 Å². The second kappa shape index (κ2) is 8.17. The Morgan fingerprint density at radius 3 is 1.57 bits per heavy atom. The normalized spacial score (nSPS) is 25.7. The lowest BCUT2D eigenvalue weighted by molar-refractivity contribution is -0.127. The zero-order valence-electron chi connectivity index (χ0n) is 9.70. The number of rotatable bonds is 0. The number of nitrogens with two attached hydrogens (primary N) is 1. The molecule has 4 heteroatoms. The quantitative estimate of drug-likeness (QED) is 0.438. The minimum Gasteiger partial charge on any atom is -0.393 e. The highest BCUT2D eigenvalue weighted by atomic mass is 16.5. The molecule has 1 fully saturated rings. The number of aliphatic hydroxyl groups is 3. The maximum Gasteiger partial charge on any atom is 0.156 e. The summed E-state index contributed by atoms with van der Waals surface area (Å²) in [6, 6.07) is 0.273. The topological polar surface area (TPSA) is 86.7 Å². The van der Waals surface area contributed by atoms with Gasteiger partial charge >= 0.3 is 0 Å². The van der Waals surface area contributed by atoms with Gasteiger partial charge in [0.1, 0.15) is 0 Å². The molecule has 5 N–H and O–H groups in total. The molecular formula is C10H25NO3. The van der Waals surface area contributed by atoms with Gasteiger partial charge in [-0.3, -0.25) is 0 Å². The third-order valence-electron chi connectivity index (χ3n) is 1.45. The Balaban J connectivity index is 0. The first-order valence-electron chi connectivity index (χ1n) is 5.17. The average molecular weight is 207 g/mol. The summed E-state index contributed by atoms with van der Waals surface area (Å²) in [6.07, 6.45) is 2.61. The lowest BCUT2D eigenvalue weighted by atomic mass is 10.3. The highest BCUT2D eigenvalue weighted by Crippen LogP contribution is 2.15. The molecule has 0 amide bonds. The van der Waals surface area contributed by atoms with Gasteiger partial charge in [-0.15, -0.1) is 0 Å². The Hall–Kier alpha value is -0.160. The second-order valence-corrected chi connectivity index (χ2v) is 3.72. The van der Waals surface area contributed by atoms with E-state index in [4.69, 9.17) is 21.1 Å². The fourth-order valence-electron chi connectivity index (χ4n) is 0.992. The molecule has 0 aromatic rings. The summed E-state index contributed by atoms with van der Waals surface area (Å²) in [5.74, 6) is -1.50. The molecule has 0 spiro atoms. The Bertz CT molecular complexity index is 109. The number of hydrogen-bond acceptors (Lipinski definition) is 4. The van der Waals surface area contributed by atoms with Crippen molar-refractivity contribution < 1.29 is 15.3 Å². The predicted molar refractivity (Wildman–Crippen MR) is 57.7 cm³/mol. The van der Waals surface area contributed by atoms with E-state index in [-0.39, 0.29) is 12.1 Å². The van der Waals surface area contributed by atoms with Crippen LogP contribution >= 0.6 is 0 Å². The van der Waals surface area contributed by atoms with Gasteiger partial charge < -0.3 is 21.1 Å². The molecule has 0 radical (unpaired) electrons. The highest BCUT2D eigenvalue weighted by molar-refractivity contribution is 4.76. The fourth-order valence-corrected chi connectivity index (χ4v) is 0.992. The smallest absolute Gasteiger partial charge is 0.156 e. The SMILES string of the molecule is CC.CC(C)(O)O.NC1CCC(O)C1. The summed E-state index contributed by atoms with van der Waals surface area (Å²) in [5, 5.41) is 25.0. The van der Waals surface area contributed by atoms with Gasteiger partial charge in [-0.25, -0.2) is 0 Å². The summed E-state index contributed by atoms with van der Waals surface area (Å²) < 4.78 is 0. The van der Waals surface area contributed by atoms with E-state index >= 15 is 0 Å². The van der Waals surface area contributed by atoms with E-state index in [1.807, 2.05) is 13.8 Å². The Morgan fingerprint density at radius 2 is 1.50 bits per heavy atom. The van der Waals surface area contributed by atoms with Crippen molar-refractivity contribution in [2.45, 2.75) is 64.9 Å². The van der Waals surface area contributed by atoms with Crippen molar-refractivity contribution in [3.05, 3.63) is 0 Å². The Morgan fingerprint density at radius 1 is 1.14 bits per heavy atom. The molecule has 4 nitrogen and oxygen atoms in total. The van der Waals surface area contributed by atoms with E-state index in [1.54, 1.807) is 0 Å². The van der Waals surface area contributed by atoms with Crippen molar-refractivity contribution in [3.63, 3.8) is 0 Å². The van der Waals surface area contributed by atoms with E-state index in [9.17, 15) is 0 Å². The molecule has 0 heterocycles. The number of hydrogen-bond donors (Lipinski definition) is 4. The molecule has 1 aliphatic carbocycles. The first-order chi connectivity index (χ1) is 6.29. The van der Waals surface area contributed by atoms with Gasteiger partial charge in [0.25, 0.3) is 0 Å². The minimum absolute atomic E-state index is 0.102. The van der Waals surface area contributed by atoms with Crippen molar-refractivity contribution in [1.29, 1.82) is 0 Å². The molecule has 2 atom stereocenters. The van der Waals surface area contributed by atoms with E-state index in [0.29, 0.717) is 0 Å². The third-order valence-corrected chi connectivity index (χ3v) is 1.45. The Kier molecular flexibility index (Phi) is 9.50. The van der Waals surface area contributed by atoms with Crippen molar-refractivity contribution in [2.75, 3.05) is 0 Å². The minimum atomic E-state index is -1.50. The monoisotopic (exact) mass is 207 g/mol. The predicted octanol–water partition coefficient (Wildman–Crippen LogP) is 0.592. The van der Waals surface area contributed by atoms with Crippen molar-refractivity contribution >= 4 is 0 Å². The van der Waals surface area contributed by atoms with Crippen LogP contribution in [0.3, 0.4) is 0 Å². The molecule has 14 heavy (non-hydrogen) atoms. The molecular weight excluding hydrogens is 182 g/mol. The molecule has 1 saturated carbocycles. The van der Waals surface area contributed by atoms with Crippen LogP contribution in [-0.2, 0) is 0 Å². The zero-order chi connectivity index (χ0) is 11.8. The van der Waals surface area contributed by atoms with Crippen LogP contribution in [0.4, 0.5) is 0 Å². The molecule has 0 aliphatic heterocycles. The summed E-state index contributed by atoms with van der Waals surface area (Å²) >= 11 is 0. The summed E-state index contributed by atoms with van der Waals surface area (Å²) in [6.45, 7) is 6.60. The molecule has 0 bridgehead atoms. The third kappa shape index (κ3) is 17.8. The molecule has 0 aromatic heterocycles. The van der Waals surface area contributed by atoms with Crippen LogP contribution in [0.5, 0.6) is 0 Å². The van der Waals surface area contributed by atoms with Gasteiger partial charge in [0.05, 0.1) is 6.10 Å². The van der Waals surface area contributed by atoms with Gasteiger partial charge in [-0.1, -0.05) is 13.8 Å². The van der Waals surface area contributed by atoms with Crippen LogP contribution in [0.15, 0.2) is 0 Å². The maximum absolute atomic E-state index is 8.82. The second-order valence-electron chi connectivity index (χ2n) is 3.72. The van der Waals surface area contributed by atoms with Crippen molar-refractivity contribution in [3.8, 4) is 0 Å². The largest absolute Gasteiger partial charge is 0.393 e. The van der Waals surface area contributed by atoms with E-state index < -0.39 is 5.79 Å². The van der Waals surface area contributed by atoms with Crippen LogP contribution < -0.4 is 5.73 Å². The fraction of sp³-hybridized carbons (Fsp3) is 1.00. The lowest BCUT2D eigenvalue weighted by Gasteiger charge is -2.03. The molecule has 0 aromatic carbocycles. The number of aliphatic hydroxyl groups excluding tert-OH is 1. The zero-order valence-corrected chi connectivity index (χ0v) is 9.70. The molecule has 0 saturated heterocycles. The van der Waals surface area contributed by atoms with Crippen molar-refractivity contribution in [1.82, 2.24) is 0 Å². The van der Waals surface area contributed by atoms with Crippen molar-refractivity contribution in [2.24, 2.45) is 5.73 Å². The first-order valence-corrected chi connectivity index (χ1v) is 5.17. The maximum atomic E-state index is 8.82. The molecule has 1 aliphatic rings. The van der Waals surface area contributed by atoms with E-state index in [2.05, 4.69) is 0 Å². The van der Waals surface area contributed by atoms with Crippen LogP contribution in [0.1, 0.15) is 47.0 Å². The van der Waals surface area contributed by atoms with Crippen LogP contribution in [-0.4, -0.2) is 33.3 Å². The van der Waals surface area contributed by atoms with E-state index in [1.165, 1.54) is 13.8 Å². The van der Waals surface area contributed by atoms with Gasteiger partial charge in [0.2, 0.25) is 0 Å². The summed E-state index contributed by atoms with van der Waals surface area (Å²) in [5.41, 5.74) is 5.47. The van der Waals surface area contributed by atoms with Gasteiger partial charge in [0, 0.05) is 6.04 Å². The summed E-state index contributed by atoms with van der Waals surface area (Å²) in [7, 11) is 0. The van der Waals surface area contributed by atoms with Crippen LogP contribution in [0.2, 0.25) is 0 Å². The highest BCUT2D eigenvalue weighted by Gasteiger charge is 2.18. The van der Waals surface area contributed by atoms with Crippen LogP contribution in [0.25, 0.3) is 0 Å². The van der Waals surface area contributed by atoms with Gasteiger partial charge in [-0.2, -0.15) is 0 Å². The molecule has 1 rings (SSSR count). The standard InChI is InChI=1S/C5H11NO.C3H8O2.C2H6/c6-4-1-2-5(7)3-4;1-3(2,4)5;1-2/h4-5,7H,1-3,6H2;4-5H,1-2H3;1-2H3. The van der Waals surface area contributed by atoms with Crippen LogP contribution in [0, 0.1) is 0 Å². The van der Waals surface area contributed by atoms with Gasteiger partial charge in [0.15, 0.2) is 5.79 Å².